The Morgan fingerprint density at radius 3 is 2.16 bits per heavy atom. The molecule has 0 saturated carbocycles. The van der Waals surface area contributed by atoms with Crippen LogP contribution in [0, 0.1) is 6.92 Å². The normalized spacial score (nSPS) is 21.6. The highest BCUT2D eigenvalue weighted by atomic mass is 35.5. The molecule has 4 aliphatic heterocycles. The van der Waals surface area contributed by atoms with Gasteiger partial charge in [0.15, 0.2) is 5.60 Å². The van der Waals surface area contributed by atoms with Gasteiger partial charge in [-0.3, -0.25) is 57.6 Å². The van der Waals surface area contributed by atoms with Crippen molar-refractivity contribution in [3.05, 3.63) is 109 Å². The molecule has 0 spiro atoms. The quantitative estimate of drug-likeness (QED) is 0.00965. The number of aliphatic hydroxyl groups is 5. The van der Waals surface area contributed by atoms with E-state index in [1.54, 1.807) is 49.4 Å². The minimum Gasteiger partial charge on any atom is -0.458 e. The third-order valence-corrected chi connectivity index (χ3v) is 18.5. The summed E-state index contributed by atoms with van der Waals surface area (Å²) in [6.07, 6.45) is -4.36. The zero-order chi connectivity index (χ0) is 71.6. The molecule has 2 aromatic heterocycles. The standard InChI is InChI=1S/C66H79ClFN11O20/c1-4-66(96)38-22-44-56-36(28-79(44)62(93)37(38)30-98-64(66)95)55-40(15-14-35-33(2)39(67)23-42(76-56)54(35)55)77-63(94)65(3,68)31-97-32-73-50(84)26-72-61(92)43(21-34-11-7-5-8-12-34)75-51(85)27-70-49(83)25-71-60(91)41(74-48(82)13-9-6-10-20-78-52(86)18-19-53(78)87)16-17-47(81)69-24-45-57(88)59(90)58(89)46(29-80)99-45/h5,7-8,11-12,18-19,22-23,40-41,43,45-46,57-59,80,88-90,96H,4,6,9-10,13-17,20-21,24-32H2,1-3H3,(H,69,81)(H,70,83)(H,71,91)(H,72,92)(H,73,84)(H,74,82)(H,75,85)(H,77,94)/t40-,41-,43-,45-,46+,57-,58+,59+,65?,66-/m0/s1. The molecule has 6 heterocycles. The third-order valence-electron chi connectivity index (χ3n) is 18.1. The Kier molecular flexibility index (Phi) is 24.1. The van der Waals surface area contributed by atoms with Crippen LogP contribution in [0.25, 0.3) is 22.3 Å². The lowest BCUT2D eigenvalue weighted by molar-refractivity contribution is -0.227. The van der Waals surface area contributed by atoms with Gasteiger partial charge in [0, 0.05) is 66.0 Å². The number of alkyl halides is 1. The fourth-order valence-electron chi connectivity index (χ4n) is 12.5. The Bertz CT molecular complexity index is 3910. The second-order valence-electron chi connectivity index (χ2n) is 25.0. The van der Waals surface area contributed by atoms with Crippen LogP contribution in [0.1, 0.15) is 110 Å². The van der Waals surface area contributed by atoms with Crippen LogP contribution in [0.2, 0.25) is 5.02 Å². The SMILES string of the molecule is CC[C@@]1(O)C(=O)OCc2c1cc1n(c2=O)Cc2c-1nc1cc(Cl)c(C)c3c1c2[C@@H](NC(=O)C(C)(F)COCNC(=O)CNC(=O)[C@H](Cc1ccccc1)NC(=O)CNC(=O)CNC(=O)[C@H](CCC(=O)NC[C@@H]1O[C@H](CO)[C@@H](O)[C@H](O)[C@H]1O)NC(=O)CCCCCN1C(=O)C=CC1=O)CC3. The van der Waals surface area contributed by atoms with E-state index in [1.165, 1.54) is 4.57 Å². The number of benzene rings is 2. The molecule has 0 radical (unpaired) electrons. The van der Waals surface area contributed by atoms with E-state index in [1.807, 2.05) is 6.92 Å². The molecule has 4 aromatic rings. The fourth-order valence-corrected chi connectivity index (χ4v) is 12.7. The van der Waals surface area contributed by atoms with Crippen LogP contribution < -0.4 is 48.1 Å². The zero-order valence-corrected chi connectivity index (χ0v) is 55.2. The maximum atomic E-state index is 16.4. The molecular formula is C66H79ClFN11O20. The number of amides is 10. The highest BCUT2D eigenvalue weighted by Gasteiger charge is 2.47. The van der Waals surface area contributed by atoms with Gasteiger partial charge in [0.2, 0.25) is 47.0 Å². The summed E-state index contributed by atoms with van der Waals surface area (Å²) in [5.41, 5.74) is -0.516. The summed E-state index contributed by atoms with van der Waals surface area (Å²) in [7, 11) is 0. The van der Waals surface area contributed by atoms with Gasteiger partial charge in [-0.15, -0.1) is 0 Å². The molecule has 9 rings (SSSR count). The van der Waals surface area contributed by atoms with Crippen molar-refractivity contribution in [2.45, 2.75) is 158 Å². The van der Waals surface area contributed by atoms with Crippen molar-refractivity contribution in [1.82, 2.24) is 57.0 Å². The molecule has 10 atom stereocenters. The molecule has 99 heavy (non-hydrogen) atoms. The third kappa shape index (κ3) is 17.1. The number of imide groups is 1. The minimum atomic E-state index is -2.68. The number of cyclic esters (lactones) is 1. The average Bonchev–Trinajstić information content (AvgIpc) is 1.59. The molecule has 31 nitrogen and oxygen atoms in total. The van der Waals surface area contributed by atoms with Gasteiger partial charge in [-0.2, -0.15) is 0 Å². The number of hydrogen-bond acceptors (Lipinski definition) is 21. The van der Waals surface area contributed by atoms with Crippen molar-refractivity contribution >= 4 is 87.5 Å². The van der Waals surface area contributed by atoms with Gasteiger partial charge >= 0.3 is 5.97 Å². The first-order valence-corrected chi connectivity index (χ1v) is 32.7. The molecule has 5 aliphatic rings. The molecule has 1 fully saturated rings. The fraction of sp³-hybridized carbons (Fsp3) is 0.500. The number of ether oxygens (including phenoxy) is 3. The highest BCUT2D eigenvalue weighted by molar-refractivity contribution is 6.32. The van der Waals surface area contributed by atoms with E-state index in [0.29, 0.717) is 69.7 Å². The van der Waals surface area contributed by atoms with Gasteiger partial charge in [-0.05, 0) is 86.8 Å². The van der Waals surface area contributed by atoms with Crippen molar-refractivity contribution in [1.29, 1.82) is 0 Å². The maximum absolute atomic E-state index is 16.4. The lowest BCUT2D eigenvalue weighted by Gasteiger charge is -2.40. The van der Waals surface area contributed by atoms with Crippen LogP contribution in [0.3, 0.4) is 0 Å². The first-order valence-electron chi connectivity index (χ1n) is 32.4. The number of esters is 1. The Morgan fingerprint density at radius 1 is 0.798 bits per heavy atom. The molecule has 0 bridgehead atoms. The number of aryl methyl sites for hydroxylation is 1. The summed E-state index contributed by atoms with van der Waals surface area (Å²) in [6.45, 7) is -0.429. The molecule has 10 amide bonds. The number of pyridine rings is 2. The van der Waals surface area contributed by atoms with E-state index >= 15 is 4.39 Å². The van der Waals surface area contributed by atoms with Crippen LogP contribution >= 0.6 is 11.6 Å². The first-order chi connectivity index (χ1) is 47.1. The van der Waals surface area contributed by atoms with Crippen molar-refractivity contribution < 1.29 is 96.9 Å². The Hall–Kier alpha value is -9.15. The monoisotopic (exact) mass is 1400 g/mol. The predicted molar refractivity (Wildman–Crippen MR) is 345 cm³/mol. The van der Waals surface area contributed by atoms with Crippen molar-refractivity contribution in [2.24, 2.45) is 0 Å². The molecule has 2 aromatic carbocycles. The topological polar surface area (TPSA) is 451 Å². The molecule has 532 valence electrons. The van der Waals surface area contributed by atoms with Crippen molar-refractivity contribution in [3.63, 3.8) is 0 Å². The van der Waals surface area contributed by atoms with Gasteiger partial charge in [0.25, 0.3) is 23.3 Å². The Balaban J connectivity index is 0.744. The van der Waals surface area contributed by atoms with Crippen LogP contribution in [0.4, 0.5) is 4.39 Å². The molecule has 1 saturated heterocycles. The van der Waals surface area contributed by atoms with Crippen molar-refractivity contribution in [2.75, 3.05) is 52.7 Å². The van der Waals surface area contributed by atoms with Crippen LogP contribution in [-0.2, 0) is 98.5 Å². The van der Waals surface area contributed by atoms with Gasteiger partial charge < -0.3 is 86.8 Å². The summed E-state index contributed by atoms with van der Waals surface area (Å²) >= 11 is 6.72. The van der Waals surface area contributed by atoms with Gasteiger partial charge in [-0.1, -0.05) is 55.3 Å². The van der Waals surface area contributed by atoms with E-state index in [-0.39, 0.29) is 69.5 Å². The summed E-state index contributed by atoms with van der Waals surface area (Å²) in [4.78, 5) is 163. The molecule has 33 heteroatoms. The summed E-state index contributed by atoms with van der Waals surface area (Å²) < 4.78 is 34.0. The number of halogens is 2. The number of fused-ring (bicyclic) bond motifs is 5. The number of unbranched alkanes of at least 4 members (excludes halogenated alkanes) is 2. The van der Waals surface area contributed by atoms with Gasteiger partial charge in [-0.25, -0.2) is 14.2 Å². The van der Waals surface area contributed by atoms with Crippen molar-refractivity contribution in [3.8, 4) is 11.4 Å². The second-order valence-corrected chi connectivity index (χ2v) is 25.4. The number of hydrogen-bond donors (Lipinski definition) is 13. The van der Waals surface area contributed by atoms with Gasteiger partial charge in [0.1, 0.15) is 55.9 Å². The number of aliphatic hydroxyl groups excluding tert-OH is 4. The first kappa shape index (κ1) is 74.1. The molecule has 1 unspecified atom stereocenters. The smallest absolute Gasteiger partial charge is 0.343 e. The highest BCUT2D eigenvalue weighted by Crippen LogP contribution is 2.47. The number of aromatic nitrogens is 2. The average molecular weight is 1400 g/mol. The van der Waals surface area contributed by atoms with Crippen LogP contribution in [0.5, 0.6) is 0 Å². The van der Waals surface area contributed by atoms with E-state index in [0.717, 1.165) is 35.1 Å². The minimum absolute atomic E-state index is 0.000260. The number of carbonyl (C=O) groups excluding carboxylic acids is 11. The van der Waals surface area contributed by atoms with Gasteiger partial charge in [0.05, 0.1) is 67.9 Å². The largest absolute Gasteiger partial charge is 0.458 e. The van der Waals surface area contributed by atoms with E-state index < -0.39 is 177 Å². The lowest BCUT2D eigenvalue weighted by Crippen LogP contribution is -2.60. The number of carbonyl (C=O) groups is 11. The lowest BCUT2D eigenvalue weighted by atomic mass is 9.81. The Morgan fingerprint density at radius 2 is 1.46 bits per heavy atom. The number of nitrogens with zero attached hydrogens (tertiary/aromatic N) is 3. The maximum Gasteiger partial charge on any atom is 0.343 e. The number of rotatable bonds is 31. The summed E-state index contributed by atoms with van der Waals surface area (Å²) in [5.74, 6) is -8.49. The zero-order valence-electron chi connectivity index (χ0n) is 54.4. The van der Waals surface area contributed by atoms with E-state index in [2.05, 4.69) is 42.5 Å². The molecule has 13 N–H and O–H groups in total. The number of nitrogens with one attached hydrogen (secondary N) is 8. The van der Waals surface area contributed by atoms with E-state index in [4.69, 9.17) is 30.8 Å². The van der Waals surface area contributed by atoms with E-state index in [9.17, 15) is 83.1 Å². The predicted octanol–water partition coefficient (Wildman–Crippen LogP) is -2.25. The summed E-state index contributed by atoms with van der Waals surface area (Å²) in [6, 6.07) is 8.14. The Labute approximate surface area is 570 Å². The molecule has 1 aliphatic carbocycles. The summed E-state index contributed by atoms with van der Waals surface area (Å²) in [5, 5.41) is 72.5. The van der Waals surface area contributed by atoms with Crippen LogP contribution in [0.15, 0.2) is 59.4 Å². The van der Waals surface area contributed by atoms with Crippen LogP contribution in [-0.4, -0.2) is 206 Å². The molecular weight excluding hydrogens is 1320 g/mol. The second kappa shape index (κ2) is 32.2.